The van der Waals surface area contributed by atoms with E-state index in [1.54, 1.807) is 0 Å². The van der Waals surface area contributed by atoms with Gasteiger partial charge in [0.1, 0.15) is 19.8 Å². The van der Waals surface area contributed by atoms with Gasteiger partial charge in [-0.15, -0.1) is 0 Å². The van der Waals surface area contributed by atoms with Crippen LogP contribution < -0.4 is 0 Å². The Hall–Kier alpha value is -4.89. The molecule has 0 fully saturated rings. The molecule has 0 aliphatic rings. The molecule has 5 N–H and O–H groups in total. The van der Waals surface area contributed by atoms with Crippen LogP contribution in [0.25, 0.3) is 0 Å². The average Bonchev–Trinajstić information content (AvgIpc) is 0.883. The van der Waals surface area contributed by atoms with Crippen LogP contribution >= 0.6 is 0 Å². The van der Waals surface area contributed by atoms with Crippen molar-refractivity contribution in [2.24, 2.45) is 11.8 Å². The summed E-state index contributed by atoms with van der Waals surface area (Å²) in [6.45, 7) is 3.03. The molecule has 0 saturated carbocycles. The number of rotatable bonds is 81. The molecule has 0 aromatic heterocycles. The topological polar surface area (TPSA) is 301 Å². The molecule has 608 valence electrons. The van der Waals surface area contributed by atoms with Crippen LogP contribution in [0.15, 0.2) is 0 Å². The largest absolute Gasteiger partial charge is 0.480 e. The first kappa shape index (κ1) is 99.1. The van der Waals surface area contributed by atoms with Gasteiger partial charge in [0.25, 0.3) is 0 Å². The number of unbranched alkanes of at least 4 members (excludes halogenated alkanes) is 44. The summed E-state index contributed by atoms with van der Waals surface area (Å²) in [5.74, 6) is -9.89. The standard InChI is InChI=1S/C83H153N3O18/c1-5-9-13-17-21-25-29-33-37-41-45-49-54-71(55-50-46-42-38-34-30-26-22-18-14-10-6-2)82(99)103-70-74(104-83(100)72(56-51-47-43-39-35-31-27-23-19-15-11-7-3)57-52-48-44-40-36-32-28-24-20-16-12-8-4)69-102-81(98)59-53-58-80(97)101-68-73(86(66-78(93)94)67-79(95)96)62-84(63-75(87)88)60-61-85(64-76(89)90)65-77(91)92/h71-74H,5-70H2,1-4H3,(H,87,88)(H,89,90)(H,91,92)(H,93,94)(H,95,96). The van der Waals surface area contributed by atoms with Crippen molar-refractivity contribution in [3.63, 3.8) is 0 Å². The summed E-state index contributed by atoms with van der Waals surface area (Å²) in [7, 11) is 0. The van der Waals surface area contributed by atoms with Gasteiger partial charge in [0.2, 0.25) is 0 Å². The third-order valence-electron chi connectivity index (χ3n) is 20.1. The fourth-order valence-corrected chi connectivity index (χ4v) is 13.8. The highest BCUT2D eigenvalue weighted by Gasteiger charge is 2.30. The summed E-state index contributed by atoms with van der Waals surface area (Å²) in [6, 6.07) is -1.23. The van der Waals surface area contributed by atoms with Gasteiger partial charge in [0.05, 0.1) is 50.6 Å². The molecule has 2 atom stereocenters. The smallest absolute Gasteiger partial charge is 0.317 e. The fourth-order valence-electron chi connectivity index (χ4n) is 13.8. The van der Waals surface area contributed by atoms with Crippen LogP contribution in [0.5, 0.6) is 0 Å². The quantitative estimate of drug-likeness (QED) is 0.0215. The van der Waals surface area contributed by atoms with Gasteiger partial charge < -0.3 is 44.5 Å². The summed E-state index contributed by atoms with van der Waals surface area (Å²) >= 11 is 0. The van der Waals surface area contributed by atoms with Gasteiger partial charge in [-0.1, -0.05) is 336 Å². The Balaban J connectivity index is 6.60. The second-order valence-electron chi connectivity index (χ2n) is 30.0. The number of aliphatic carboxylic acids is 5. The molecule has 21 heteroatoms. The highest BCUT2D eigenvalue weighted by Crippen LogP contribution is 2.26. The Bertz CT molecular complexity index is 2050. The molecule has 104 heavy (non-hydrogen) atoms. The SMILES string of the molecule is CCCCCCCCCCCCCCC(CCCCCCCCCCCCCC)C(=O)OCC(COC(=O)CCCC(=O)OCC(CN(CCN(CC(=O)O)CC(=O)O)CC(=O)O)N(CC(=O)O)CC(=O)O)OC(=O)C(CCCCCCCCCCCCCC)CCCCCCCCCCCCCC. The number of carbonyl (C=O) groups excluding carboxylic acids is 4. The molecular weight excluding hydrogens is 1330 g/mol. The molecule has 0 rings (SSSR count). The zero-order valence-electron chi connectivity index (χ0n) is 66.4. The van der Waals surface area contributed by atoms with Crippen LogP contribution in [0.2, 0.25) is 0 Å². The molecule has 0 saturated heterocycles. The highest BCUT2D eigenvalue weighted by atomic mass is 16.6. The Morgan fingerprint density at radius 1 is 0.279 bits per heavy atom. The van der Waals surface area contributed by atoms with Gasteiger partial charge in [-0.25, -0.2) is 0 Å². The first-order valence-corrected chi connectivity index (χ1v) is 42.3. The van der Waals surface area contributed by atoms with E-state index >= 15 is 0 Å². The maximum Gasteiger partial charge on any atom is 0.317 e. The third-order valence-corrected chi connectivity index (χ3v) is 20.1. The van der Waals surface area contributed by atoms with Crippen LogP contribution in [-0.2, 0) is 62.1 Å². The van der Waals surface area contributed by atoms with Gasteiger partial charge in [-0.2, -0.15) is 0 Å². The van der Waals surface area contributed by atoms with E-state index in [4.69, 9.17) is 18.9 Å². The van der Waals surface area contributed by atoms with Crippen molar-refractivity contribution in [1.82, 2.24) is 14.7 Å². The maximum atomic E-state index is 14.6. The average molecular weight is 1480 g/mol. The van der Waals surface area contributed by atoms with Crippen molar-refractivity contribution < 1.29 is 87.6 Å². The zero-order valence-corrected chi connectivity index (χ0v) is 66.4. The number of esters is 4. The number of carbonyl (C=O) groups is 9. The van der Waals surface area contributed by atoms with E-state index in [0.29, 0.717) is 25.7 Å². The van der Waals surface area contributed by atoms with Crippen LogP contribution in [0, 0.1) is 11.8 Å². The lowest BCUT2D eigenvalue weighted by Gasteiger charge is -2.33. The summed E-state index contributed by atoms with van der Waals surface area (Å²) in [6.07, 6.45) is 58.7. The van der Waals surface area contributed by atoms with Crippen molar-refractivity contribution in [2.75, 3.05) is 72.2 Å². The Morgan fingerprint density at radius 2 is 0.529 bits per heavy atom. The van der Waals surface area contributed by atoms with Gasteiger partial charge >= 0.3 is 53.7 Å². The molecule has 0 amide bonds. The van der Waals surface area contributed by atoms with E-state index in [1.165, 1.54) is 236 Å². The molecule has 0 aromatic carbocycles. The number of carboxylic acids is 5. The third kappa shape index (κ3) is 65.4. The van der Waals surface area contributed by atoms with E-state index in [-0.39, 0.29) is 63.3 Å². The number of ether oxygens (including phenoxy) is 4. The molecule has 0 aromatic rings. The molecule has 21 nitrogen and oxygen atoms in total. The molecule has 0 radical (unpaired) electrons. The zero-order chi connectivity index (χ0) is 76.7. The van der Waals surface area contributed by atoms with E-state index in [0.717, 1.165) is 86.8 Å². The summed E-state index contributed by atoms with van der Waals surface area (Å²) in [5.41, 5.74) is 0. The number of nitrogens with zero attached hydrogens (tertiary/aromatic N) is 3. The maximum absolute atomic E-state index is 14.6. The van der Waals surface area contributed by atoms with Crippen LogP contribution in [-0.4, -0.2) is 178 Å². The number of hydrogen-bond acceptors (Lipinski definition) is 16. The second kappa shape index (κ2) is 72.3. The minimum atomic E-state index is -1.43. The predicted octanol–water partition coefficient (Wildman–Crippen LogP) is 19.0. The summed E-state index contributed by atoms with van der Waals surface area (Å²) in [4.78, 5) is 118. The molecule has 0 bridgehead atoms. The van der Waals surface area contributed by atoms with Crippen LogP contribution in [0.4, 0.5) is 0 Å². The van der Waals surface area contributed by atoms with Crippen molar-refractivity contribution in [3.05, 3.63) is 0 Å². The Kier molecular flexibility index (Phi) is 68.9. The number of carboxylic acid groups (broad SMARTS) is 5. The van der Waals surface area contributed by atoms with Crippen molar-refractivity contribution in [3.8, 4) is 0 Å². The predicted molar refractivity (Wildman–Crippen MR) is 413 cm³/mol. The molecule has 0 spiro atoms. The first-order valence-electron chi connectivity index (χ1n) is 42.3. The lowest BCUT2D eigenvalue weighted by molar-refractivity contribution is -0.171. The molecule has 2 unspecified atom stereocenters. The van der Waals surface area contributed by atoms with E-state index in [2.05, 4.69) is 27.7 Å². The van der Waals surface area contributed by atoms with Gasteiger partial charge in [-0.05, 0) is 32.1 Å². The Labute approximate surface area is 630 Å². The molecule has 0 aliphatic carbocycles. The summed E-state index contributed by atoms with van der Waals surface area (Å²) < 4.78 is 23.7. The van der Waals surface area contributed by atoms with Crippen LogP contribution in [0.3, 0.4) is 0 Å². The van der Waals surface area contributed by atoms with Crippen molar-refractivity contribution in [1.29, 1.82) is 0 Å². The van der Waals surface area contributed by atoms with Gasteiger partial charge in [0.15, 0.2) is 6.10 Å². The molecular formula is C83H153N3O18. The minimum absolute atomic E-state index is 0.0794. The first-order chi connectivity index (χ1) is 50.3. The summed E-state index contributed by atoms with van der Waals surface area (Å²) in [5, 5.41) is 47.9. The molecule has 0 aliphatic heterocycles. The van der Waals surface area contributed by atoms with E-state index in [1.807, 2.05) is 0 Å². The highest BCUT2D eigenvalue weighted by molar-refractivity contribution is 5.75. The Morgan fingerprint density at radius 3 is 0.827 bits per heavy atom. The lowest BCUT2D eigenvalue weighted by atomic mass is 9.94. The minimum Gasteiger partial charge on any atom is -0.480 e. The van der Waals surface area contributed by atoms with Gasteiger partial charge in [-0.3, -0.25) is 57.9 Å². The van der Waals surface area contributed by atoms with Crippen molar-refractivity contribution in [2.45, 2.75) is 393 Å². The molecule has 0 heterocycles. The van der Waals surface area contributed by atoms with E-state index < -0.39 is 106 Å². The monoisotopic (exact) mass is 1480 g/mol. The second-order valence-corrected chi connectivity index (χ2v) is 30.0. The van der Waals surface area contributed by atoms with Crippen molar-refractivity contribution >= 4 is 53.7 Å². The van der Waals surface area contributed by atoms with E-state index in [9.17, 15) is 68.7 Å². The number of hydrogen-bond donors (Lipinski definition) is 5. The van der Waals surface area contributed by atoms with Gasteiger partial charge in [0, 0.05) is 32.5 Å². The fraction of sp³-hybridized carbons (Fsp3) is 0.892. The van der Waals surface area contributed by atoms with Crippen LogP contribution in [0.1, 0.15) is 381 Å². The normalized spacial score (nSPS) is 12.2. The lowest BCUT2D eigenvalue weighted by Crippen LogP contribution is -2.52.